The van der Waals surface area contributed by atoms with Crippen LogP contribution in [0.5, 0.6) is 0 Å². The third-order valence-corrected chi connectivity index (χ3v) is 4.93. The molecular weight excluding hydrogens is 408 g/mol. The highest BCUT2D eigenvalue weighted by Gasteiger charge is 2.39. The highest BCUT2D eigenvalue weighted by atomic mass is 16.4. The molecule has 1 aliphatic rings. The minimum absolute atomic E-state index is 0.0662. The number of nitrogens with two attached hydrogens (primary N) is 1. The van der Waals surface area contributed by atoms with E-state index in [2.05, 4.69) is 10.6 Å². The molecule has 0 saturated carbocycles. The average Bonchev–Trinajstić information content (AvgIpc) is 3.22. The second kappa shape index (κ2) is 11.1. The standard InChI is InChI=1S/C20H26N4O7/c21-11-16(25)22-13(10-17(26)27)19(29)24-8-4-7-15(24)18(28)23-14(20(30)31)9-12-5-2-1-3-6-12/h1-3,5-6,13-15H,4,7-11,21H2,(H,22,25)(H,23,28)(H,26,27)(H,30,31). The third-order valence-electron chi connectivity index (χ3n) is 4.93. The Labute approximate surface area is 178 Å². The summed E-state index contributed by atoms with van der Waals surface area (Å²) in [5.41, 5.74) is 5.95. The molecule has 3 atom stereocenters. The molecule has 1 aromatic carbocycles. The number of nitrogens with one attached hydrogen (secondary N) is 2. The zero-order valence-corrected chi connectivity index (χ0v) is 16.8. The SMILES string of the molecule is NCC(=O)NC(CC(=O)O)C(=O)N1CCCC1C(=O)NC(Cc1ccccc1)C(=O)O. The molecule has 0 aromatic heterocycles. The lowest BCUT2D eigenvalue weighted by Gasteiger charge is -2.29. The fraction of sp³-hybridized carbons (Fsp3) is 0.450. The van der Waals surface area contributed by atoms with Crippen LogP contribution in [-0.2, 0) is 30.4 Å². The Kier molecular flexibility index (Phi) is 8.50. The van der Waals surface area contributed by atoms with Gasteiger partial charge in [-0.3, -0.25) is 19.2 Å². The van der Waals surface area contributed by atoms with Crippen molar-refractivity contribution in [2.45, 2.75) is 43.8 Å². The number of aliphatic carboxylic acids is 2. The summed E-state index contributed by atoms with van der Waals surface area (Å²) >= 11 is 0. The number of likely N-dealkylation sites (tertiary alicyclic amines) is 1. The summed E-state index contributed by atoms with van der Waals surface area (Å²) in [6.07, 6.45) is 0.169. The fourth-order valence-corrected chi connectivity index (χ4v) is 3.45. The van der Waals surface area contributed by atoms with E-state index in [1.54, 1.807) is 30.3 Å². The lowest BCUT2D eigenvalue weighted by molar-refractivity contribution is -0.147. The van der Waals surface area contributed by atoms with Crippen molar-refractivity contribution in [2.24, 2.45) is 5.73 Å². The van der Waals surface area contributed by atoms with E-state index in [1.165, 1.54) is 4.90 Å². The predicted octanol–water partition coefficient (Wildman–Crippen LogP) is -1.29. The van der Waals surface area contributed by atoms with Gasteiger partial charge in [0.05, 0.1) is 13.0 Å². The van der Waals surface area contributed by atoms with Crippen molar-refractivity contribution in [3.05, 3.63) is 35.9 Å². The van der Waals surface area contributed by atoms with Crippen molar-refractivity contribution in [3.8, 4) is 0 Å². The van der Waals surface area contributed by atoms with Crippen LogP contribution in [0, 0.1) is 0 Å². The monoisotopic (exact) mass is 434 g/mol. The Balaban J connectivity index is 2.11. The number of amides is 3. The lowest BCUT2D eigenvalue weighted by Crippen LogP contribution is -2.56. The summed E-state index contributed by atoms with van der Waals surface area (Å²) in [4.78, 5) is 61.2. The summed E-state index contributed by atoms with van der Waals surface area (Å²) in [5.74, 6) is -4.59. The van der Waals surface area contributed by atoms with E-state index in [4.69, 9.17) is 10.8 Å². The first-order chi connectivity index (χ1) is 14.7. The number of rotatable bonds is 10. The van der Waals surface area contributed by atoms with Crippen LogP contribution in [0.15, 0.2) is 30.3 Å². The second-order valence-corrected chi connectivity index (χ2v) is 7.20. The number of carboxylic acid groups (broad SMARTS) is 2. The number of hydrogen-bond donors (Lipinski definition) is 5. The maximum absolute atomic E-state index is 12.9. The van der Waals surface area contributed by atoms with Crippen LogP contribution >= 0.6 is 0 Å². The van der Waals surface area contributed by atoms with Gasteiger partial charge < -0.3 is 31.5 Å². The summed E-state index contributed by atoms with van der Waals surface area (Å²) in [7, 11) is 0. The molecular formula is C20H26N4O7. The average molecular weight is 434 g/mol. The molecule has 1 fully saturated rings. The fourth-order valence-electron chi connectivity index (χ4n) is 3.45. The number of nitrogens with zero attached hydrogens (tertiary/aromatic N) is 1. The Hall–Kier alpha value is -3.47. The van der Waals surface area contributed by atoms with E-state index in [0.29, 0.717) is 12.8 Å². The number of hydrogen-bond acceptors (Lipinski definition) is 6. The van der Waals surface area contributed by atoms with Crippen LogP contribution in [0.25, 0.3) is 0 Å². The topological polar surface area (TPSA) is 179 Å². The van der Waals surface area contributed by atoms with Crippen LogP contribution < -0.4 is 16.4 Å². The highest BCUT2D eigenvalue weighted by Crippen LogP contribution is 2.20. The van der Waals surface area contributed by atoms with Crippen LogP contribution in [0.2, 0.25) is 0 Å². The third kappa shape index (κ3) is 6.78. The first-order valence-electron chi connectivity index (χ1n) is 9.81. The lowest BCUT2D eigenvalue weighted by atomic mass is 10.1. The van der Waals surface area contributed by atoms with Gasteiger partial charge in [-0.2, -0.15) is 0 Å². The van der Waals surface area contributed by atoms with Gasteiger partial charge in [-0.05, 0) is 18.4 Å². The van der Waals surface area contributed by atoms with Crippen LogP contribution in [0.1, 0.15) is 24.8 Å². The van der Waals surface area contributed by atoms with Gasteiger partial charge in [-0.1, -0.05) is 30.3 Å². The van der Waals surface area contributed by atoms with Crippen LogP contribution in [0.3, 0.4) is 0 Å². The van der Waals surface area contributed by atoms with Gasteiger partial charge in [0.2, 0.25) is 17.7 Å². The van der Waals surface area contributed by atoms with E-state index in [1.807, 2.05) is 0 Å². The van der Waals surface area contributed by atoms with Crippen molar-refractivity contribution in [1.29, 1.82) is 0 Å². The van der Waals surface area contributed by atoms with Crippen LogP contribution in [0.4, 0.5) is 0 Å². The first-order valence-corrected chi connectivity index (χ1v) is 9.81. The molecule has 2 rings (SSSR count). The van der Waals surface area contributed by atoms with Crippen molar-refractivity contribution >= 4 is 29.7 Å². The zero-order valence-electron chi connectivity index (χ0n) is 16.8. The van der Waals surface area contributed by atoms with Crippen molar-refractivity contribution in [2.75, 3.05) is 13.1 Å². The summed E-state index contributed by atoms with van der Waals surface area (Å²) in [6, 6.07) is 5.25. The van der Waals surface area contributed by atoms with E-state index in [-0.39, 0.29) is 13.0 Å². The van der Waals surface area contributed by atoms with E-state index < -0.39 is 60.8 Å². The molecule has 3 amide bonds. The number of carbonyl (C=O) groups excluding carboxylic acids is 3. The maximum atomic E-state index is 12.9. The van der Waals surface area contributed by atoms with Gasteiger partial charge in [-0.25, -0.2) is 4.79 Å². The molecule has 3 unspecified atom stereocenters. The summed E-state index contributed by atoms with van der Waals surface area (Å²) < 4.78 is 0. The molecule has 1 aliphatic heterocycles. The van der Waals surface area contributed by atoms with Crippen molar-refractivity contribution in [3.63, 3.8) is 0 Å². The Bertz CT molecular complexity index is 830. The Morgan fingerprint density at radius 2 is 1.74 bits per heavy atom. The minimum Gasteiger partial charge on any atom is -0.481 e. The highest BCUT2D eigenvalue weighted by molar-refractivity contribution is 5.95. The molecule has 168 valence electrons. The largest absolute Gasteiger partial charge is 0.481 e. The number of carbonyl (C=O) groups is 5. The summed E-state index contributed by atoms with van der Waals surface area (Å²) in [5, 5.41) is 23.3. The number of benzene rings is 1. The summed E-state index contributed by atoms with van der Waals surface area (Å²) in [6.45, 7) is -0.241. The van der Waals surface area contributed by atoms with Gasteiger partial charge in [0.25, 0.3) is 0 Å². The minimum atomic E-state index is -1.37. The predicted molar refractivity (Wildman–Crippen MR) is 108 cm³/mol. The normalized spacial score (nSPS) is 17.5. The van der Waals surface area contributed by atoms with Gasteiger partial charge in [0.15, 0.2) is 0 Å². The molecule has 31 heavy (non-hydrogen) atoms. The van der Waals surface area contributed by atoms with E-state index in [0.717, 1.165) is 5.56 Å². The molecule has 0 aliphatic carbocycles. The van der Waals surface area contributed by atoms with Gasteiger partial charge in [-0.15, -0.1) is 0 Å². The molecule has 11 nitrogen and oxygen atoms in total. The second-order valence-electron chi connectivity index (χ2n) is 7.20. The smallest absolute Gasteiger partial charge is 0.326 e. The van der Waals surface area contributed by atoms with E-state index >= 15 is 0 Å². The quantitative estimate of drug-likeness (QED) is 0.302. The van der Waals surface area contributed by atoms with Crippen LogP contribution in [-0.4, -0.2) is 76.0 Å². The Morgan fingerprint density at radius 3 is 2.32 bits per heavy atom. The molecule has 1 saturated heterocycles. The molecule has 1 heterocycles. The Morgan fingerprint density at radius 1 is 1.06 bits per heavy atom. The molecule has 0 bridgehead atoms. The molecule has 1 aromatic rings. The zero-order chi connectivity index (χ0) is 23.0. The van der Waals surface area contributed by atoms with Gasteiger partial charge in [0, 0.05) is 13.0 Å². The first kappa shape index (κ1) is 23.8. The number of carboxylic acids is 2. The van der Waals surface area contributed by atoms with Crippen molar-refractivity contribution < 1.29 is 34.2 Å². The maximum Gasteiger partial charge on any atom is 0.326 e. The van der Waals surface area contributed by atoms with Crippen molar-refractivity contribution in [1.82, 2.24) is 15.5 Å². The van der Waals surface area contributed by atoms with Gasteiger partial charge in [0.1, 0.15) is 18.1 Å². The van der Waals surface area contributed by atoms with E-state index in [9.17, 15) is 29.1 Å². The molecule has 6 N–H and O–H groups in total. The molecule has 0 radical (unpaired) electrons. The van der Waals surface area contributed by atoms with Gasteiger partial charge >= 0.3 is 11.9 Å². The molecule has 11 heteroatoms. The molecule has 0 spiro atoms.